The monoisotopic (exact) mass is 187 g/mol. The molecule has 0 aromatic carbocycles. The fourth-order valence-corrected chi connectivity index (χ4v) is 1.11. The average Bonchev–Trinajstić information content (AvgIpc) is 2.13. The van der Waals surface area contributed by atoms with Crippen LogP contribution >= 0.6 is 0 Å². The SMILES string of the molecule is CCCCN(C)C(C)CC(=O)NN. The van der Waals surface area contributed by atoms with Gasteiger partial charge in [-0.25, -0.2) is 5.84 Å². The van der Waals surface area contributed by atoms with Gasteiger partial charge in [0.15, 0.2) is 0 Å². The molecule has 0 aromatic heterocycles. The molecule has 0 rings (SSSR count). The zero-order chi connectivity index (χ0) is 10.3. The van der Waals surface area contributed by atoms with Crippen molar-refractivity contribution in [3.8, 4) is 0 Å². The summed E-state index contributed by atoms with van der Waals surface area (Å²) in [6.07, 6.45) is 2.82. The van der Waals surface area contributed by atoms with Gasteiger partial charge in [0, 0.05) is 12.5 Å². The van der Waals surface area contributed by atoms with Crippen molar-refractivity contribution >= 4 is 5.91 Å². The molecule has 13 heavy (non-hydrogen) atoms. The van der Waals surface area contributed by atoms with E-state index in [4.69, 9.17) is 5.84 Å². The summed E-state index contributed by atoms with van der Waals surface area (Å²) in [5.74, 6) is 4.90. The van der Waals surface area contributed by atoms with E-state index in [1.54, 1.807) is 0 Å². The first-order valence-electron chi connectivity index (χ1n) is 4.81. The van der Waals surface area contributed by atoms with E-state index >= 15 is 0 Å². The first-order chi connectivity index (χ1) is 6.11. The van der Waals surface area contributed by atoms with Crippen LogP contribution in [0, 0.1) is 0 Å². The van der Waals surface area contributed by atoms with E-state index in [0.29, 0.717) is 6.42 Å². The van der Waals surface area contributed by atoms with Crippen molar-refractivity contribution < 1.29 is 4.79 Å². The van der Waals surface area contributed by atoms with Crippen LogP contribution in [0.25, 0.3) is 0 Å². The van der Waals surface area contributed by atoms with Crippen LogP contribution in [0.3, 0.4) is 0 Å². The maximum absolute atomic E-state index is 10.9. The van der Waals surface area contributed by atoms with Crippen molar-refractivity contribution in [2.24, 2.45) is 5.84 Å². The molecule has 1 unspecified atom stereocenters. The van der Waals surface area contributed by atoms with E-state index in [1.807, 2.05) is 14.0 Å². The van der Waals surface area contributed by atoms with Crippen molar-refractivity contribution in [3.05, 3.63) is 0 Å². The number of carbonyl (C=O) groups excluding carboxylic acids is 1. The Labute approximate surface area is 80.4 Å². The number of hydrogen-bond acceptors (Lipinski definition) is 3. The minimum Gasteiger partial charge on any atom is -0.303 e. The third-order valence-corrected chi connectivity index (χ3v) is 2.26. The first-order valence-corrected chi connectivity index (χ1v) is 4.81. The molecule has 0 aliphatic rings. The van der Waals surface area contributed by atoms with E-state index < -0.39 is 0 Å². The summed E-state index contributed by atoms with van der Waals surface area (Å²) in [4.78, 5) is 13.1. The highest BCUT2D eigenvalue weighted by molar-refractivity contribution is 5.75. The summed E-state index contributed by atoms with van der Waals surface area (Å²) in [7, 11) is 2.03. The zero-order valence-electron chi connectivity index (χ0n) is 8.84. The fraction of sp³-hybridized carbons (Fsp3) is 0.889. The third kappa shape index (κ3) is 5.60. The molecule has 0 saturated heterocycles. The Morgan fingerprint density at radius 2 is 2.23 bits per heavy atom. The topological polar surface area (TPSA) is 58.4 Å². The lowest BCUT2D eigenvalue weighted by atomic mass is 10.2. The van der Waals surface area contributed by atoms with Crippen molar-refractivity contribution in [2.75, 3.05) is 13.6 Å². The minimum absolute atomic E-state index is 0.101. The van der Waals surface area contributed by atoms with Gasteiger partial charge >= 0.3 is 0 Å². The summed E-state index contributed by atoms with van der Waals surface area (Å²) in [6.45, 7) is 5.23. The maximum Gasteiger partial charge on any atom is 0.235 e. The zero-order valence-corrected chi connectivity index (χ0v) is 8.84. The molecule has 4 nitrogen and oxygen atoms in total. The number of hydrogen-bond donors (Lipinski definition) is 2. The molecule has 0 aliphatic heterocycles. The molecule has 0 fully saturated rings. The van der Waals surface area contributed by atoms with Gasteiger partial charge in [0.05, 0.1) is 0 Å². The second-order valence-electron chi connectivity index (χ2n) is 3.45. The van der Waals surface area contributed by atoms with Crippen LogP contribution in [-0.2, 0) is 4.79 Å². The Morgan fingerprint density at radius 3 is 2.69 bits per heavy atom. The number of nitrogens with zero attached hydrogens (tertiary/aromatic N) is 1. The van der Waals surface area contributed by atoms with Crippen LogP contribution in [0.2, 0.25) is 0 Å². The quantitative estimate of drug-likeness (QED) is 0.361. The maximum atomic E-state index is 10.9. The van der Waals surface area contributed by atoms with Crippen molar-refractivity contribution in [1.29, 1.82) is 0 Å². The number of carbonyl (C=O) groups is 1. The van der Waals surface area contributed by atoms with Crippen molar-refractivity contribution in [3.63, 3.8) is 0 Å². The van der Waals surface area contributed by atoms with Gasteiger partial charge in [0.1, 0.15) is 0 Å². The van der Waals surface area contributed by atoms with Gasteiger partial charge in [0.2, 0.25) is 5.91 Å². The highest BCUT2D eigenvalue weighted by Gasteiger charge is 2.11. The van der Waals surface area contributed by atoms with Crippen molar-refractivity contribution in [2.45, 2.75) is 39.2 Å². The fourth-order valence-electron chi connectivity index (χ4n) is 1.11. The van der Waals surface area contributed by atoms with Crippen molar-refractivity contribution in [1.82, 2.24) is 10.3 Å². The largest absolute Gasteiger partial charge is 0.303 e. The summed E-state index contributed by atoms with van der Waals surface area (Å²) in [6, 6.07) is 0.259. The summed E-state index contributed by atoms with van der Waals surface area (Å²) >= 11 is 0. The highest BCUT2D eigenvalue weighted by atomic mass is 16.2. The number of unbranched alkanes of at least 4 members (excludes halogenated alkanes) is 1. The van der Waals surface area contributed by atoms with Gasteiger partial charge in [0.25, 0.3) is 0 Å². The Bertz CT molecular complexity index is 150. The molecule has 0 spiro atoms. The molecule has 78 valence electrons. The van der Waals surface area contributed by atoms with E-state index in [0.717, 1.165) is 6.54 Å². The van der Waals surface area contributed by atoms with E-state index in [9.17, 15) is 4.79 Å². The number of nitrogens with two attached hydrogens (primary N) is 1. The number of rotatable bonds is 6. The van der Waals surface area contributed by atoms with Crippen LogP contribution in [0.5, 0.6) is 0 Å². The standard InChI is InChI=1S/C9H21N3O/c1-4-5-6-12(3)8(2)7-9(13)11-10/h8H,4-7,10H2,1-3H3,(H,11,13). The molecule has 0 aliphatic carbocycles. The van der Waals surface area contributed by atoms with Crippen LogP contribution < -0.4 is 11.3 Å². The highest BCUT2D eigenvalue weighted by Crippen LogP contribution is 2.02. The lowest BCUT2D eigenvalue weighted by Gasteiger charge is -2.23. The summed E-state index contributed by atoms with van der Waals surface area (Å²) < 4.78 is 0. The van der Waals surface area contributed by atoms with Crippen LogP contribution in [-0.4, -0.2) is 30.4 Å². The summed E-state index contributed by atoms with van der Waals surface area (Å²) in [5, 5.41) is 0. The molecule has 0 heterocycles. The Balaban J connectivity index is 3.68. The average molecular weight is 187 g/mol. The van der Waals surface area contributed by atoms with E-state index in [1.165, 1.54) is 12.8 Å². The van der Waals surface area contributed by atoms with Gasteiger partial charge in [-0.3, -0.25) is 10.2 Å². The first kappa shape index (κ1) is 12.4. The van der Waals surface area contributed by atoms with Gasteiger partial charge < -0.3 is 4.90 Å². The Morgan fingerprint density at radius 1 is 1.62 bits per heavy atom. The molecule has 0 aromatic rings. The number of hydrazine groups is 1. The normalized spacial score (nSPS) is 13.0. The number of amides is 1. The predicted octanol–water partition coefficient (Wildman–Crippen LogP) is 0.487. The molecule has 3 N–H and O–H groups in total. The minimum atomic E-state index is -0.101. The summed E-state index contributed by atoms with van der Waals surface area (Å²) in [5.41, 5.74) is 2.14. The van der Waals surface area contributed by atoms with Crippen LogP contribution in [0.4, 0.5) is 0 Å². The van der Waals surface area contributed by atoms with Gasteiger partial charge in [-0.1, -0.05) is 13.3 Å². The molecule has 0 radical (unpaired) electrons. The van der Waals surface area contributed by atoms with Gasteiger partial charge in [-0.15, -0.1) is 0 Å². The van der Waals surface area contributed by atoms with Crippen LogP contribution in [0.15, 0.2) is 0 Å². The molecular weight excluding hydrogens is 166 g/mol. The lowest BCUT2D eigenvalue weighted by Crippen LogP contribution is -2.38. The van der Waals surface area contributed by atoms with E-state index in [-0.39, 0.29) is 11.9 Å². The molecule has 1 amide bonds. The van der Waals surface area contributed by atoms with E-state index in [2.05, 4.69) is 17.2 Å². The molecular formula is C9H21N3O. The Kier molecular flexibility index (Phi) is 6.54. The Hall–Kier alpha value is -0.610. The smallest absolute Gasteiger partial charge is 0.235 e. The second-order valence-corrected chi connectivity index (χ2v) is 3.45. The second kappa shape index (κ2) is 6.86. The van der Waals surface area contributed by atoms with Crippen LogP contribution in [0.1, 0.15) is 33.1 Å². The molecule has 4 heteroatoms. The third-order valence-electron chi connectivity index (χ3n) is 2.26. The van der Waals surface area contributed by atoms with Gasteiger partial charge in [-0.2, -0.15) is 0 Å². The van der Waals surface area contributed by atoms with Gasteiger partial charge in [-0.05, 0) is 26.9 Å². The molecule has 1 atom stereocenters. The molecule has 0 bridgehead atoms. The molecule has 0 saturated carbocycles. The number of nitrogens with one attached hydrogen (secondary N) is 1. The lowest BCUT2D eigenvalue weighted by molar-refractivity contribution is -0.122. The predicted molar refractivity (Wildman–Crippen MR) is 53.9 cm³/mol.